The van der Waals surface area contributed by atoms with E-state index in [1.807, 2.05) is 0 Å². The van der Waals surface area contributed by atoms with Gasteiger partial charge in [0.15, 0.2) is 0 Å². The van der Waals surface area contributed by atoms with Gasteiger partial charge in [0.25, 0.3) is 0 Å². The number of nitrogens with one attached hydrogen (secondary N) is 1. The van der Waals surface area contributed by atoms with Gasteiger partial charge in [0.05, 0.1) is 0 Å². The zero-order valence-corrected chi connectivity index (χ0v) is 12.2. The second-order valence-electron chi connectivity index (χ2n) is 4.92. The first-order valence-corrected chi connectivity index (χ1v) is 6.82. The number of carboxylic acids is 1. The number of amides is 1. The molecule has 0 aromatic heterocycles. The van der Waals surface area contributed by atoms with Crippen LogP contribution in [-0.2, 0) is 9.59 Å². The summed E-state index contributed by atoms with van der Waals surface area (Å²) in [6, 6.07) is 5.12. The first-order chi connectivity index (χ1) is 9.93. The molecule has 0 fully saturated rings. The Morgan fingerprint density at radius 3 is 2.71 bits per heavy atom. The van der Waals surface area contributed by atoms with E-state index in [0.29, 0.717) is 5.56 Å². The largest absolute Gasteiger partial charge is 0.480 e. The highest BCUT2D eigenvalue weighted by molar-refractivity contribution is 5.84. The summed E-state index contributed by atoms with van der Waals surface area (Å²) in [7, 11) is 0. The normalized spacial score (nSPS) is 13.9. The van der Waals surface area contributed by atoms with E-state index in [1.54, 1.807) is 38.1 Å². The summed E-state index contributed by atoms with van der Waals surface area (Å²) in [6.07, 6.45) is 3.78. The van der Waals surface area contributed by atoms with Crippen LogP contribution in [0, 0.1) is 5.82 Å². The third-order valence-corrected chi connectivity index (χ3v) is 3.15. The van der Waals surface area contributed by atoms with Crippen molar-refractivity contribution < 1.29 is 19.1 Å². The molecule has 0 aliphatic carbocycles. The van der Waals surface area contributed by atoms with Gasteiger partial charge in [0, 0.05) is 6.42 Å². The van der Waals surface area contributed by atoms with Crippen LogP contribution in [0.3, 0.4) is 0 Å². The van der Waals surface area contributed by atoms with Crippen molar-refractivity contribution in [2.45, 2.75) is 38.6 Å². The lowest BCUT2D eigenvalue weighted by molar-refractivity contribution is -0.141. The zero-order chi connectivity index (χ0) is 15.8. The third-order valence-electron chi connectivity index (χ3n) is 3.15. The molecule has 21 heavy (non-hydrogen) atoms. The molecule has 0 aliphatic rings. The third kappa shape index (κ3) is 5.77. The van der Waals surface area contributed by atoms with E-state index in [2.05, 4.69) is 5.32 Å². The second kappa shape index (κ2) is 8.19. The molecular formula is C16H20FNO3. The molecule has 1 aromatic carbocycles. The predicted molar refractivity (Wildman–Crippen MR) is 78.4 cm³/mol. The van der Waals surface area contributed by atoms with E-state index in [0.717, 1.165) is 0 Å². The van der Waals surface area contributed by atoms with Crippen LogP contribution >= 0.6 is 0 Å². The highest BCUT2D eigenvalue weighted by Crippen LogP contribution is 2.19. The number of hydrogen-bond donors (Lipinski definition) is 2. The quantitative estimate of drug-likeness (QED) is 0.760. The molecule has 0 radical (unpaired) electrons. The lowest BCUT2D eigenvalue weighted by Gasteiger charge is -2.16. The SMILES string of the molecule is C/C=C/CC(NC(=O)CC(C)c1cccc(F)c1)C(=O)O. The van der Waals surface area contributed by atoms with Crippen LogP contribution in [0.25, 0.3) is 0 Å². The van der Waals surface area contributed by atoms with Gasteiger partial charge in [-0.2, -0.15) is 0 Å². The molecule has 5 heteroatoms. The van der Waals surface area contributed by atoms with Crippen molar-refractivity contribution in [1.29, 1.82) is 0 Å². The highest BCUT2D eigenvalue weighted by atomic mass is 19.1. The number of aliphatic carboxylic acids is 1. The summed E-state index contributed by atoms with van der Waals surface area (Å²) in [5.74, 6) is -1.96. The standard InChI is InChI=1S/C16H20FNO3/c1-3-4-8-14(16(20)21)18-15(19)9-11(2)12-6-5-7-13(17)10-12/h3-7,10-11,14H,8-9H2,1-2H3,(H,18,19)(H,20,21)/b4-3+. The molecule has 2 atom stereocenters. The minimum Gasteiger partial charge on any atom is -0.480 e. The van der Waals surface area contributed by atoms with Crippen LogP contribution in [0.4, 0.5) is 4.39 Å². The van der Waals surface area contributed by atoms with E-state index < -0.39 is 12.0 Å². The molecule has 1 rings (SSSR count). The van der Waals surface area contributed by atoms with E-state index >= 15 is 0 Å². The Labute approximate surface area is 123 Å². The molecule has 2 unspecified atom stereocenters. The summed E-state index contributed by atoms with van der Waals surface area (Å²) in [5.41, 5.74) is 0.713. The Balaban J connectivity index is 2.61. The van der Waals surface area contributed by atoms with E-state index in [1.165, 1.54) is 12.1 Å². The number of carboxylic acid groups (broad SMARTS) is 1. The second-order valence-corrected chi connectivity index (χ2v) is 4.92. The fourth-order valence-electron chi connectivity index (χ4n) is 1.96. The summed E-state index contributed by atoms with van der Waals surface area (Å²) in [4.78, 5) is 22.9. The lowest BCUT2D eigenvalue weighted by Crippen LogP contribution is -2.40. The zero-order valence-electron chi connectivity index (χ0n) is 12.2. The molecule has 0 bridgehead atoms. The minimum absolute atomic E-state index is 0.114. The fourth-order valence-corrected chi connectivity index (χ4v) is 1.96. The van der Waals surface area contributed by atoms with Gasteiger partial charge in [0.1, 0.15) is 11.9 Å². The molecule has 4 nitrogen and oxygen atoms in total. The Morgan fingerprint density at radius 1 is 1.43 bits per heavy atom. The Kier molecular flexibility index (Phi) is 6.59. The van der Waals surface area contributed by atoms with Crippen molar-refractivity contribution >= 4 is 11.9 Å². The lowest BCUT2D eigenvalue weighted by atomic mass is 9.97. The van der Waals surface area contributed by atoms with Crippen molar-refractivity contribution in [3.63, 3.8) is 0 Å². The van der Waals surface area contributed by atoms with Crippen molar-refractivity contribution in [2.75, 3.05) is 0 Å². The smallest absolute Gasteiger partial charge is 0.326 e. The van der Waals surface area contributed by atoms with Crippen molar-refractivity contribution in [3.05, 3.63) is 47.8 Å². The van der Waals surface area contributed by atoms with Crippen molar-refractivity contribution in [1.82, 2.24) is 5.32 Å². The average molecular weight is 293 g/mol. The molecule has 0 aliphatic heterocycles. The van der Waals surface area contributed by atoms with Crippen LogP contribution in [0.1, 0.15) is 38.2 Å². The maximum Gasteiger partial charge on any atom is 0.326 e. The maximum atomic E-state index is 13.1. The molecule has 1 aromatic rings. The van der Waals surface area contributed by atoms with Crippen LogP contribution < -0.4 is 5.32 Å². The first kappa shape index (κ1) is 16.9. The summed E-state index contributed by atoms with van der Waals surface area (Å²) >= 11 is 0. The fraction of sp³-hybridized carbons (Fsp3) is 0.375. The van der Waals surface area contributed by atoms with Gasteiger partial charge in [-0.3, -0.25) is 4.79 Å². The topological polar surface area (TPSA) is 66.4 Å². The van der Waals surface area contributed by atoms with E-state index in [-0.39, 0.29) is 30.5 Å². The van der Waals surface area contributed by atoms with Gasteiger partial charge in [-0.15, -0.1) is 0 Å². The van der Waals surface area contributed by atoms with Gasteiger partial charge in [0.2, 0.25) is 5.91 Å². The van der Waals surface area contributed by atoms with Crippen molar-refractivity contribution in [2.24, 2.45) is 0 Å². The monoisotopic (exact) mass is 293 g/mol. The van der Waals surface area contributed by atoms with Gasteiger partial charge < -0.3 is 10.4 Å². The number of allylic oxidation sites excluding steroid dienone is 1. The number of carbonyl (C=O) groups excluding carboxylic acids is 1. The Hall–Kier alpha value is -2.17. The molecule has 0 saturated carbocycles. The molecule has 0 saturated heterocycles. The number of hydrogen-bond acceptors (Lipinski definition) is 2. The number of halogens is 1. The number of rotatable bonds is 7. The van der Waals surface area contributed by atoms with Gasteiger partial charge in [-0.1, -0.05) is 31.2 Å². The molecule has 2 N–H and O–H groups in total. The van der Waals surface area contributed by atoms with Crippen LogP contribution in [-0.4, -0.2) is 23.0 Å². The summed E-state index contributed by atoms with van der Waals surface area (Å²) < 4.78 is 13.1. The van der Waals surface area contributed by atoms with E-state index in [4.69, 9.17) is 5.11 Å². The molecular weight excluding hydrogens is 273 g/mol. The summed E-state index contributed by atoms with van der Waals surface area (Å²) in [6.45, 7) is 3.59. The van der Waals surface area contributed by atoms with E-state index in [9.17, 15) is 14.0 Å². The summed E-state index contributed by atoms with van der Waals surface area (Å²) in [5, 5.41) is 11.5. The molecule has 1 amide bonds. The number of benzene rings is 1. The minimum atomic E-state index is -1.07. The highest BCUT2D eigenvalue weighted by Gasteiger charge is 2.20. The Morgan fingerprint density at radius 2 is 2.14 bits per heavy atom. The van der Waals surface area contributed by atoms with Gasteiger partial charge >= 0.3 is 5.97 Å². The average Bonchev–Trinajstić information content (AvgIpc) is 2.43. The van der Waals surface area contributed by atoms with Crippen molar-refractivity contribution in [3.8, 4) is 0 Å². The molecule has 114 valence electrons. The Bertz CT molecular complexity index is 528. The maximum absolute atomic E-state index is 13.1. The van der Waals surface area contributed by atoms with Crippen LogP contribution in [0.5, 0.6) is 0 Å². The molecule has 0 spiro atoms. The van der Waals surface area contributed by atoms with Gasteiger partial charge in [-0.25, -0.2) is 9.18 Å². The van der Waals surface area contributed by atoms with Gasteiger partial charge in [-0.05, 0) is 37.0 Å². The van der Waals surface area contributed by atoms with Crippen LogP contribution in [0.2, 0.25) is 0 Å². The predicted octanol–water partition coefficient (Wildman–Crippen LogP) is 2.85. The molecule has 0 heterocycles. The first-order valence-electron chi connectivity index (χ1n) is 6.82. The van der Waals surface area contributed by atoms with Crippen LogP contribution in [0.15, 0.2) is 36.4 Å². The number of carbonyl (C=O) groups is 2.